The van der Waals surface area contributed by atoms with Crippen molar-refractivity contribution in [1.82, 2.24) is 0 Å². The van der Waals surface area contributed by atoms with Crippen LogP contribution in [0.15, 0.2) is 30.8 Å². The van der Waals surface area contributed by atoms with E-state index in [0.29, 0.717) is 11.3 Å². The van der Waals surface area contributed by atoms with Crippen molar-refractivity contribution in [3.05, 3.63) is 42.0 Å². The van der Waals surface area contributed by atoms with E-state index in [1.54, 1.807) is 0 Å². The van der Waals surface area contributed by atoms with E-state index in [1.165, 1.54) is 31.4 Å². The average Bonchev–Trinajstić information content (AvgIpc) is 2.26. The normalized spacial score (nSPS) is 13.3. The number of methoxy groups -OCH3 is 1. The van der Waals surface area contributed by atoms with Gasteiger partial charge in [-0.05, 0) is 5.56 Å². The highest BCUT2D eigenvalue weighted by Gasteiger charge is 2.39. The van der Waals surface area contributed by atoms with E-state index in [1.807, 2.05) is 0 Å². The Morgan fingerprint density at radius 3 is 2.19 bits per heavy atom. The summed E-state index contributed by atoms with van der Waals surface area (Å²) in [4.78, 5) is 0. The van der Waals surface area contributed by atoms with Gasteiger partial charge >= 0.3 is 6.18 Å². The SMILES string of the molecule is C=C(OC)c1ccc(C(O)C(F)(F)F)cc1. The Balaban J connectivity index is 2.91. The standard InChI is InChI=1S/C11H11F3O2/c1-7(16-2)8-3-5-9(6-4-8)10(15)11(12,13)14/h3-6,10,15H,1H2,2H3. The average molecular weight is 232 g/mol. The lowest BCUT2D eigenvalue weighted by Crippen LogP contribution is -2.20. The third-order valence-electron chi connectivity index (χ3n) is 2.10. The van der Waals surface area contributed by atoms with Crippen LogP contribution in [0.1, 0.15) is 17.2 Å². The zero-order valence-corrected chi connectivity index (χ0v) is 8.58. The molecule has 1 aromatic rings. The van der Waals surface area contributed by atoms with Crippen LogP contribution in [0.5, 0.6) is 0 Å². The van der Waals surface area contributed by atoms with Crippen LogP contribution in [0.4, 0.5) is 13.2 Å². The summed E-state index contributed by atoms with van der Waals surface area (Å²) >= 11 is 0. The molecule has 0 aromatic heterocycles. The molecule has 1 rings (SSSR count). The van der Waals surface area contributed by atoms with E-state index in [4.69, 9.17) is 9.84 Å². The lowest BCUT2D eigenvalue weighted by atomic mass is 10.1. The van der Waals surface area contributed by atoms with Crippen molar-refractivity contribution in [3.63, 3.8) is 0 Å². The quantitative estimate of drug-likeness (QED) is 0.812. The van der Waals surface area contributed by atoms with Gasteiger partial charge in [-0.2, -0.15) is 13.2 Å². The Morgan fingerprint density at radius 2 is 1.81 bits per heavy atom. The number of aliphatic hydroxyl groups excluding tert-OH is 1. The molecule has 1 atom stereocenters. The Kier molecular flexibility index (Phi) is 3.59. The molecule has 0 spiro atoms. The van der Waals surface area contributed by atoms with Crippen molar-refractivity contribution in [1.29, 1.82) is 0 Å². The summed E-state index contributed by atoms with van der Waals surface area (Å²) in [5, 5.41) is 8.97. The highest BCUT2D eigenvalue weighted by Crippen LogP contribution is 2.32. The summed E-state index contributed by atoms with van der Waals surface area (Å²) < 4.78 is 41.3. The molecule has 0 aliphatic rings. The lowest BCUT2D eigenvalue weighted by Gasteiger charge is -2.15. The van der Waals surface area contributed by atoms with E-state index in [2.05, 4.69) is 6.58 Å². The molecule has 0 fully saturated rings. The second-order valence-electron chi connectivity index (χ2n) is 3.19. The molecule has 0 bridgehead atoms. The second kappa shape index (κ2) is 4.57. The molecule has 5 heteroatoms. The molecule has 0 saturated heterocycles. The molecule has 1 unspecified atom stereocenters. The van der Waals surface area contributed by atoms with E-state index < -0.39 is 12.3 Å². The number of hydrogen-bond acceptors (Lipinski definition) is 2. The van der Waals surface area contributed by atoms with Crippen LogP contribution in [-0.4, -0.2) is 18.4 Å². The number of aliphatic hydroxyl groups is 1. The first-order valence-electron chi connectivity index (χ1n) is 4.44. The fourth-order valence-electron chi connectivity index (χ4n) is 1.16. The topological polar surface area (TPSA) is 29.5 Å². The molecule has 88 valence electrons. The molecule has 0 heterocycles. The van der Waals surface area contributed by atoms with Gasteiger partial charge in [-0.15, -0.1) is 0 Å². The molecule has 0 radical (unpaired) electrons. The molecule has 1 N–H and O–H groups in total. The summed E-state index contributed by atoms with van der Waals surface area (Å²) in [6.07, 6.45) is -7.11. The van der Waals surface area contributed by atoms with Gasteiger partial charge in [0.25, 0.3) is 0 Å². The van der Waals surface area contributed by atoms with Gasteiger partial charge < -0.3 is 9.84 Å². The molecule has 0 aliphatic heterocycles. The molecule has 1 aromatic carbocycles. The van der Waals surface area contributed by atoms with Crippen molar-refractivity contribution < 1.29 is 23.0 Å². The summed E-state index contributed by atoms with van der Waals surface area (Å²) in [6, 6.07) is 5.21. The number of ether oxygens (including phenoxy) is 1. The van der Waals surface area contributed by atoms with Crippen LogP contribution in [0, 0.1) is 0 Å². The van der Waals surface area contributed by atoms with Gasteiger partial charge in [0.05, 0.1) is 7.11 Å². The van der Waals surface area contributed by atoms with Gasteiger partial charge in [0, 0.05) is 5.56 Å². The van der Waals surface area contributed by atoms with E-state index in [9.17, 15) is 13.2 Å². The predicted molar refractivity (Wildman–Crippen MR) is 53.5 cm³/mol. The first-order chi connectivity index (χ1) is 7.36. The molecule has 0 saturated carbocycles. The fraction of sp³-hybridized carbons (Fsp3) is 0.273. The third-order valence-corrected chi connectivity index (χ3v) is 2.10. The maximum atomic E-state index is 12.2. The van der Waals surface area contributed by atoms with Crippen molar-refractivity contribution >= 4 is 5.76 Å². The smallest absolute Gasteiger partial charge is 0.418 e. The van der Waals surface area contributed by atoms with Gasteiger partial charge in [-0.3, -0.25) is 0 Å². The molecule has 0 aliphatic carbocycles. The first-order valence-corrected chi connectivity index (χ1v) is 4.44. The Labute approximate surface area is 91.0 Å². The minimum atomic E-state index is -4.65. The number of hydrogen-bond donors (Lipinski definition) is 1. The van der Waals surface area contributed by atoms with Gasteiger partial charge in [-0.25, -0.2) is 0 Å². The van der Waals surface area contributed by atoms with Crippen LogP contribution in [-0.2, 0) is 4.74 Å². The lowest BCUT2D eigenvalue weighted by molar-refractivity contribution is -0.206. The monoisotopic (exact) mass is 232 g/mol. The van der Waals surface area contributed by atoms with Gasteiger partial charge in [0.15, 0.2) is 6.10 Å². The van der Waals surface area contributed by atoms with Gasteiger partial charge in [0.1, 0.15) is 5.76 Å². The fourth-order valence-corrected chi connectivity index (χ4v) is 1.16. The van der Waals surface area contributed by atoms with Crippen molar-refractivity contribution in [3.8, 4) is 0 Å². The third kappa shape index (κ3) is 2.76. The largest absolute Gasteiger partial charge is 0.497 e. The highest BCUT2D eigenvalue weighted by molar-refractivity contribution is 5.57. The van der Waals surface area contributed by atoms with Crippen molar-refractivity contribution in [2.45, 2.75) is 12.3 Å². The summed E-state index contributed by atoms with van der Waals surface area (Å²) in [5.41, 5.74) is 0.362. The molecule has 2 nitrogen and oxygen atoms in total. The maximum absolute atomic E-state index is 12.2. The van der Waals surface area contributed by atoms with Gasteiger partial charge in [0.2, 0.25) is 0 Å². The predicted octanol–water partition coefficient (Wildman–Crippen LogP) is 2.90. The van der Waals surface area contributed by atoms with Crippen LogP contribution >= 0.6 is 0 Å². The maximum Gasteiger partial charge on any atom is 0.418 e. The summed E-state index contributed by atoms with van der Waals surface area (Å²) in [5.74, 6) is 0.355. The highest BCUT2D eigenvalue weighted by atomic mass is 19.4. The summed E-state index contributed by atoms with van der Waals surface area (Å²) in [7, 11) is 1.42. The Morgan fingerprint density at radius 1 is 1.31 bits per heavy atom. The zero-order chi connectivity index (χ0) is 12.3. The van der Waals surface area contributed by atoms with Crippen LogP contribution in [0.3, 0.4) is 0 Å². The van der Waals surface area contributed by atoms with E-state index in [-0.39, 0.29) is 5.56 Å². The van der Waals surface area contributed by atoms with Gasteiger partial charge in [-0.1, -0.05) is 30.8 Å². The minimum absolute atomic E-state index is 0.208. The Hall–Kier alpha value is -1.49. The Bertz CT molecular complexity index is 368. The summed E-state index contributed by atoms with van der Waals surface area (Å²) in [6.45, 7) is 3.56. The van der Waals surface area contributed by atoms with E-state index >= 15 is 0 Å². The van der Waals surface area contributed by atoms with Crippen LogP contribution < -0.4 is 0 Å². The number of halogens is 3. The number of benzene rings is 1. The van der Waals surface area contributed by atoms with E-state index in [0.717, 1.165) is 0 Å². The molecular weight excluding hydrogens is 221 g/mol. The first kappa shape index (κ1) is 12.6. The van der Waals surface area contributed by atoms with Crippen molar-refractivity contribution in [2.75, 3.05) is 7.11 Å². The minimum Gasteiger partial charge on any atom is -0.497 e. The van der Waals surface area contributed by atoms with Crippen LogP contribution in [0.25, 0.3) is 5.76 Å². The molecule has 0 amide bonds. The van der Waals surface area contributed by atoms with Crippen molar-refractivity contribution in [2.24, 2.45) is 0 Å². The molecule has 16 heavy (non-hydrogen) atoms. The second-order valence-corrected chi connectivity index (χ2v) is 3.19. The number of alkyl halides is 3. The number of rotatable bonds is 3. The van der Waals surface area contributed by atoms with Crippen LogP contribution in [0.2, 0.25) is 0 Å². The zero-order valence-electron chi connectivity index (χ0n) is 8.58. The molecular formula is C11H11F3O2.